The van der Waals surface area contributed by atoms with Gasteiger partial charge in [0.1, 0.15) is 5.76 Å². The first-order valence-electron chi connectivity index (χ1n) is 4.49. The van der Waals surface area contributed by atoms with Gasteiger partial charge in [0.2, 0.25) is 0 Å². The molecular formula is C10H10N2O2S. The molecule has 0 N–H and O–H groups in total. The average Bonchev–Trinajstić information content (AvgIpc) is 2.63. The van der Waals surface area contributed by atoms with Gasteiger partial charge in [-0.2, -0.15) is 4.73 Å². The van der Waals surface area contributed by atoms with E-state index in [1.807, 2.05) is 19.1 Å². The fourth-order valence-electron chi connectivity index (χ4n) is 1.16. The summed E-state index contributed by atoms with van der Waals surface area (Å²) < 4.78 is 5.78. The molecule has 0 aliphatic carbocycles. The molecule has 0 saturated carbocycles. The van der Waals surface area contributed by atoms with Gasteiger partial charge in [0, 0.05) is 24.0 Å². The second-order valence-corrected chi connectivity index (χ2v) is 4.08. The first-order chi connectivity index (χ1) is 7.25. The van der Waals surface area contributed by atoms with Crippen LogP contribution in [-0.4, -0.2) is 5.16 Å². The van der Waals surface area contributed by atoms with Crippen LogP contribution in [0.15, 0.2) is 40.0 Å². The number of thioether (sulfide) groups is 1. The fourth-order valence-corrected chi connectivity index (χ4v) is 1.95. The topological polar surface area (TPSA) is 53.0 Å². The van der Waals surface area contributed by atoms with Crippen molar-refractivity contribution < 1.29 is 9.25 Å². The van der Waals surface area contributed by atoms with Gasteiger partial charge in [-0.15, -0.1) is 0 Å². The maximum atomic E-state index is 11.3. The lowest BCUT2D eigenvalue weighted by Gasteiger charge is -2.00. The maximum absolute atomic E-state index is 11.3. The van der Waals surface area contributed by atoms with Crippen LogP contribution in [0.5, 0.6) is 0 Å². The predicted molar refractivity (Wildman–Crippen MR) is 56.2 cm³/mol. The fraction of sp³-hybridized carbons (Fsp3) is 0.200. The van der Waals surface area contributed by atoms with Crippen molar-refractivity contribution >= 4 is 11.8 Å². The zero-order valence-electron chi connectivity index (χ0n) is 8.21. The van der Waals surface area contributed by atoms with Crippen LogP contribution in [0, 0.1) is 12.1 Å². The van der Waals surface area contributed by atoms with Gasteiger partial charge in [-0.25, -0.2) is 0 Å². The minimum Gasteiger partial charge on any atom is -0.618 e. The minimum atomic E-state index is 0.642. The van der Waals surface area contributed by atoms with Crippen molar-refractivity contribution in [2.75, 3.05) is 0 Å². The maximum Gasteiger partial charge on any atom is 0.251 e. The van der Waals surface area contributed by atoms with E-state index in [9.17, 15) is 5.21 Å². The number of aromatic nitrogens is 2. The molecule has 0 aliphatic heterocycles. The van der Waals surface area contributed by atoms with Crippen molar-refractivity contribution in [1.82, 2.24) is 5.16 Å². The van der Waals surface area contributed by atoms with Crippen molar-refractivity contribution in [2.24, 2.45) is 0 Å². The van der Waals surface area contributed by atoms with Gasteiger partial charge in [-0.05, 0) is 24.8 Å². The monoisotopic (exact) mass is 222 g/mol. The number of aryl methyl sites for hydroxylation is 1. The summed E-state index contributed by atoms with van der Waals surface area (Å²) in [7, 11) is 0. The second-order valence-electron chi connectivity index (χ2n) is 3.08. The van der Waals surface area contributed by atoms with E-state index in [-0.39, 0.29) is 0 Å². The molecule has 15 heavy (non-hydrogen) atoms. The summed E-state index contributed by atoms with van der Waals surface area (Å²) in [6, 6.07) is 7.19. The second kappa shape index (κ2) is 4.35. The van der Waals surface area contributed by atoms with E-state index in [0.29, 0.717) is 10.8 Å². The highest BCUT2D eigenvalue weighted by molar-refractivity contribution is 7.98. The molecule has 0 bridgehead atoms. The average molecular weight is 222 g/mol. The summed E-state index contributed by atoms with van der Waals surface area (Å²) in [6.45, 7) is 1.84. The predicted octanol–water partition coefficient (Wildman–Crippen LogP) is 1.91. The summed E-state index contributed by atoms with van der Waals surface area (Å²) in [5.74, 6) is 1.43. The molecular weight excluding hydrogens is 212 g/mol. The van der Waals surface area contributed by atoms with Crippen LogP contribution in [0.25, 0.3) is 0 Å². The van der Waals surface area contributed by atoms with Crippen molar-refractivity contribution in [3.8, 4) is 0 Å². The highest BCUT2D eigenvalue weighted by Crippen LogP contribution is 2.18. The molecule has 0 radical (unpaired) electrons. The van der Waals surface area contributed by atoms with Crippen molar-refractivity contribution in [2.45, 2.75) is 17.7 Å². The Morgan fingerprint density at radius 1 is 1.53 bits per heavy atom. The largest absolute Gasteiger partial charge is 0.618 e. The molecule has 0 amide bonds. The van der Waals surface area contributed by atoms with Gasteiger partial charge in [0.05, 0.1) is 5.69 Å². The highest BCUT2D eigenvalue weighted by atomic mass is 32.2. The van der Waals surface area contributed by atoms with Crippen LogP contribution >= 0.6 is 11.8 Å². The lowest BCUT2D eigenvalue weighted by atomic mass is 10.4. The van der Waals surface area contributed by atoms with Gasteiger partial charge >= 0.3 is 0 Å². The first kappa shape index (κ1) is 10.0. The lowest BCUT2D eigenvalue weighted by Crippen LogP contribution is -2.27. The van der Waals surface area contributed by atoms with E-state index in [1.165, 1.54) is 18.0 Å². The number of rotatable bonds is 3. The molecule has 5 heteroatoms. The smallest absolute Gasteiger partial charge is 0.251 e. The Balaban J connectivity index is 2.02. The van der Waals surface area contributed by atoms with Crippen LogP contribution in [0.1, 0.15) is 11.5 Å². The SMILES string of the molecule is Cc1cc(CSc2cccc[n+]2[O-])no1. The molecule has 78 valence electrons. The van der Waals surface area contributed by atoms with Crippen LogP contribution in [0.4, 0.5) is 0 Å². The molecule has 2 rings (SSSR count). The Morgan fingerprint density at radius 2 is 2.40 bits per heavy atom. The van der Waals surface area contributed by atoms with Gasteiger partial charge < -0.3 is 9.73 Å². The Kier molecular flexibility index (Phi) is 2.91. The van der Waals surface area contributed by atoms with Crippen molar-refractivity contribution in [3.05, 3.63) is 47.1 Å². The Bertz CT molecular complexity index is 456. The van der Waals surface area contributed by atoms with Crippen LogP contribution in [0.2, 0.25) is 0 Å². The van der Waals surface area contributed by atoms with Crippen LogP contribution < -0.4 is 4.73 Å². The molecule has 0 fully saturated rings. The van der Waals surface area contributed by atoms with Gasteiger partial charge in [-0.3, -0.25) is 0 Å². The van der Waals surface area contributed by atoms with E-state index < -0.39 is 0 Å². The normalized spacial score (nSPS) is 10.5. The minimum absolute atomic E-state index is 0.642. The summed E-state index contributed by atoms with van der Waals surface area (Å²) >= 11 is 1.44. The molecule has 0 atom stereocenters. The number of pyridine rings is 1. The van der Waals surface area contributed by atoms with Gasteiger partial charge in [-0.1, -0.05) is 5.16 Å². The summed E-state index contributed by atoms with van der Waals surface area (Å²) in [5.41, 5.74) is 0.848. The number of nitrogens with zero attached hydrogens (tertiary/aromatic N) is 2. The van der Waals surface area contributed by atoms with E-state index >= 15 is 0 Å². The third-order valence-corrected chi connectivity index (χ3v) is 2.89. The molecule has 0 spiro atoms. The van der Waals surface area contributed by atoms with Crippen LogP contribution in [-0.2, 0) is 5.75 Å². The molecule has 2 aromatic rings. The quantitative estimate of drug-likeness (QED) is 0.452. The zero-order valence-corrected chi connectivity index (χ0v) is 9.03. The number of hydrogen-bond donors (Lipinski definition) is 0. The molecule has 0 saturated heterocycles. The molecule has 0 aromatic carbocycles. The highest BCUT2D eigenvalue weighted by Gasteiger charge is 2.07. The standard InChI is InChI=1S/C10H10N2O2S/c1-8-6-9(11-14-8)7-15-10-4-2-3-5-12(10)13/h2-6H,7H2,1H3. The third kappa shape index (κ3) is 2.50. The van der Waals surface area contributed by atoms with E-state index in [1.54, 1.807) is 12.1 Å². The zero-order chi connectivity index (χ0) is 10.7. The van der Waals surface area contributed by atoms with E-state index in [2.05, 4.69) is 5.16 Å². The summed E-state index contributed by atoms with van der Waals surface area (Å²) in [4.78, 5) is 0. The lowest BCUT2D eigenvalue weighted by molar-refractivity contribution is -0.645. The molecule has 4 nitrogen and oxygen atoms in total. The third-order valence-electron chi connectivity index (χ3n) is 1.83. The van der Waals surface area contributed by atoms with Crippen LogP contribution in [0.3, 0.4) is 0 Å². The molecule has 2 heterocycles. The molecule has 0 unspecified atom stereocenters. The van der Waals surface area contributed by atoms with E-state index in [0.717, 1.165) is 16.2 Å². The van der Waals surface area contributed by atoms with Gasteiger partial charge in [0.15, 0.2) is 6.20 Å². The Hall–Kier alpha value is -1.49. The van der Waals surface area contributed by atoms with Crippen molar-refractivity contribution in [3.63, 3.8) is 0 Å². The molecule has 2 aromatic heterocycles. The Morgan fingerprint density at radius 3 is 3.07 bits per heavy atom. The Labute approximate surface area is 91.5 Å². The van der Waals surface area contributed by atoms with E-state index in [4.69, 9.17) is 4.52 Å². The van der Waals surface area contributed by atoms with Gasteiger partial charge in [0.25, 0.3) is 5.03 Å². The first-order valence-corrected chi connectivity index (χ1v) is 5.47. The number of hydrogen-bond acceptors (Lipinski definition) is 4. The summed E-state index contributed by atoms with van der Waals surface area (Å²) in [6.07, 6.45) is 1.48. The van der Waals surface area contributed by atoms with Crippen molar-refractivity contribution in [1.29, 1.82) is 0 Å². The molecule has 0 aliphatic rings. The summed E-state index contributed by atoms with van der Waals surface area (Å²) in [5, 5.41) is 15.8.